The van der Waals surface area contributed by atoms with E-state index in [0.717, 1.165) is 5.56 Å². The van der Waals surface area contributed by atoms with Gasteiger partial charge in [-0.25, -0.2) is 8.78 Å². The van der Waals surface area contributed by atoms with E-state index in [0.29, 0.717) is 26.0 Å². The lowest BCUT2D eigenvalue weighted by atomic mass is 9.70. The van der Waals surface area contributed by atoms with Crippen LogP contribution in [0.3, 0.4) is 0 Å². The number of amides is 1. The minimum Gasteiger partial charge on any atom is -0.374 e. The SMILES string of the molecule is NCCOC1C(c2ccc(F)cc2)NC(=O)C2CC(F)CCC21. The van der Waals surface area contributed by atoms with Crippen LogP contribution in [-0.4, -0.2) is 31.3 Å². The molecule has 4 nitrogen and oxygen atoms in total. The lowest BCUT2D eigenvalue weighted by Crippen LogP contribution is -2.55. The van der Waals surface area contributed by atoms with E-state index in [1.54, 1.807) is 12.1 Å². The molecule has 2 aliphatic rings. The predicted octanol–water partition coefficient (Wildman–Crippen LogP) is 2.09. The fourth-order valence-corrected chi connectivity index (χ4v) is 3.79. The molecular formula is C17H22F2N2O2. The van der Waals surface area contributed by atoms with E-state index in [-0.39, 0.29) is 42.1 Å². The lowest BCUT2D eigenvalue weighted by Gasteiger charge is -2.45. The van der Waals surface area contributed by atoms with Gasteiger partial charge in [0, 0.05) is 12.5 Å². The molecule has 0 bridgehead atoms. The number of rotatable bonds is 4. The summed E-state index contributed by atoms with van der Waals surface area (Å²) in [5, 5.41) is 2.94. The van der Waals surface area contributed by atoms with Gasteiger partial charge in [-0.05, 0) is 42.9 Å². The monoisotopic (exact) mass is 324 g/mol. The molecule has 0 radical (unpaired) electrons. The van der Waals surface area contributed by atoms with Gasteiger partial charge >= 0.3 is 0 Å². The number of carbonyl (C=O) groups is 1. The summed E-state index contributed by atoms with van der Waals surface area (Å²) in [4.78, 5) is 12.4. The summed E-state index contributed by atoms with van der Waals surface area (Å²) < 4.78 is 32.8. The molecule has 1 saturated heterocycles. The molecule has 1 aromatic rings. The summed E-state index contributed by atoms with van der Waals surface area (Å²) in [5.74, 6) is -0.860. The van der Waals surface area contributed by atoms with Crippen molar-refractivity contribution in [2.75, 3.05) is 13.2 Å². The van der Waals surface area contributed by atoms with Crippen molar-refractivity contribution in [3.8, 4) is 0 Å². The Balaban J connectivity index is 1.88. The first-order chi connectivity index (χ1) is 11.1. The molecule has 5 atom stereocenters. The van der Waals surface area contributed by atoms with Crippen molar-refractivity contribution in [2.45, 2.75) is 37.6 Å². The second kappa shape index (κ2) is 6.93. The largest absolute Gasteiger partial charge is 0.374 e. The molecule has 2 fully saturated rings. The number of carbonyl (C=O) groups excluding carboxylic acids is 1. The summed E-state index contributed by atoms with van der Waals surface area (Å²) in [6.07, 6.45) is 0.118. The Morgan fingerprint density at radius 2 is 2.00 bits per heavy atom. The van der Waals surface area contributed by atoms with Gasteiger partial charge in [-0.1, -0.05) is 12.1 Å². The zero-order chi connectivity index (χ0) is 16.4. The second-order valence-electron chi connectivity index (χ2n) is 6.34. The van der Waals surface area contributed by atoms with Crippen molar-refractivity contribution in [3.63, 3.8) is 0 Å². The van der Waals surface area contributed by atoms with Gasteiger partial charge < -0.3 is 15.8 Å². The van der Waals surface area contributed by atoms with Crippen LogP contribution in [0.1, 0.15) is 30.9 Å². The summed E-state index contributed by atoms with van der Waals surface area (Å²) in [7, 11) is 0. The quantitative estimate of drug-likeness (QED) is 0.891. The molecule has 1 aliphatic carbocycles. The molecular weight excluding hydrogens is 302 g/mol. The normalized spacial score (nSPS) is 33.9. The average molecular weight is 324 g/mol. The third kappa shape index (κ3) is 3.38. The van der Waals surface area contributed by atoms with Crippen LogP contribution in [0.5, 0.6) is 0 Å². The molecule has 3 N–H and O–H groups in total. The number of nitrogens with one attached hydrogen (secondary N) is 1. The number of hydrogen-bond acceptors (Lipinski definition) is 3. The van der Waals surface area contributed by atoms with Crippen molar-refractivity contribution in [2.24, 2.45) is 17.6 Å². The highest BCUT2D eigenvalue weighted by atomic mass is 19.1. The van der Waals surface area contributed by atoms with E-state index in [2.05, 4.69) is 5.32 Å². The van der Waals surface area contributed by atoms with Crippen LogP contribution < -0.4 is 11.1 Å². The molecule has 6 heteroatoms. The molecule has 1 saturated carbocycles. The van der Waals surface area contributed by atoms with Gasteiger partial charge in [-0.15, -0.1) is 0 Å². The van der Waals surface area contributed by atoms with Gasteiger partial charge in [0.05, 0.1) is 18.8 Å². The maximum atomic E-state index is 13.7. The molecule has 0 spiro atoms. The second-order valence-corrected chi connectivity index (χ2v) is 6.34. The van der Waals surface area contributed by atoms with Gasteiger partial charge in [0.2, 0.25) is 5.91 Å². The molecule has 126 valence electrons. The number of fused-ring (bicyclic) bond motifs is 1. The first-order valence-corrected chi connectivity index (χ1v) is 8.11. The standard InChI is InChI=1S/C17H22F2N2O2/c18-11-3-1-10(2-4-11)15-16(23-8-7-20)13-6-5-12(19)9-14(13)17(22)21-15/h1-4,12-16H,5-9,20H2,(H,21,22). The Labute approximate surface area is 134 Å². The Bertz CT molecular complexity index is 552. The smallest absolute Gasteiger partial charge is 0.224 e. The summed E-state index contributed by atoms with van der Waals surface area (Å²) in [5.41, 5.74) is 6.34. The highest BCUT2D eigenvalue weighted by molar-refractivity contribution is 5.81. The highest BCUT2D eigenvalue weighted by Gasteiger charge is 2.47. The van der Waals surface area contributed by atoms with E-state index in [4.69, 9.17) is 10.5 Å². The van der Waals surface area contributed by atoms with E-state index in [9.17, 15) is 13.6 Å². The minimum atomic E-state index is -0.931. The molecule has 3 rings (SSSR count). The number of ether oxygens (including phenoxy) is 1. The number of alkyl halides is 1. The zero-order valence-electron chi connectivity index (χ0n) is 12.9. The first kappa shape index (κ1) is 16.3. The number of halogens is 2. The van der Waals surface area contributed by atoms with Crippen molar-refractivity contribution < 1.29 is 18.3 Å². The molecule has 0 aromatic heterocycles. The van der Waals surface area contributed by atoms with E-state index >= 15 is 0 Å². The Morgan fingerprint density at radius 1 is 1.26 bits per heavy atom. The van der Waals surface area contributed by atoms with Crippen LogP contribution >= 0.6 is 0 Å². The van der Waals surface area contributed by atoms with Crippen LogP contribution in [0.4, 0.5) is 8.78 Å². The van der Waals surface area contributed by atoms with Crippen molar-refractivity contribution in [3.05, 3.63) is 35.6 Å². The Hall–Kier alpha value is -1.53. The number of nitrogens with two attached hydrogens (primary N) is 1. The molecule has 1 aromatic carbocycles. The molecule has 23 heavy (non-hydrogen) atoms. The molecule has 1 heterocycles. The maximum Gasteiger partial charge on any atom is 0.224 e. The van der Waals surface area contributed by atoms with Crippen LogP contribution in [0, 0.1) is 17.7 Å². The van der Waals surface area contributed by atoms with Gasteiger partial charge in [0.25, 0.3) is 0 Å². The van der Waals surface area contributed by atoms with Gasteiger partial charge in [-0.3, -0.25) is 4.79 Å². The third-order valence-corrected chi connectivity index (χ3v) is 4.88. The van der Waals surface area contributed by atoms with E-state index < -0.39 is 6.17 Å². The fourth-order valence-electron chi connectivity index (χ4n) is 3.79. The van der Waals surface area contributed by atoms with Crippen molar-refractivity contribution in [1.82, 2.24) is 5.32 Å². The van der Waals surface area contributed by atoms with Crippen LogP contribution in [-0.2, 0) is 9.53 Å². The summed E-state index contributed by atoms with van der Waals surface area (Å²) >= 11 is 0. The predicted molar refractivity (Wildman–Crippen MR) is 81.8 cm³/mol. The summed E-state index contributed by atoms with van der Waals surface area (Å²) in [6.45, 7) is 0.754. The highest BCUT2D eigenvalue weighted by Crippen LogP contribution is 2.42. The fraction of sp³-hybridized carbons (Fsp3) is 0.588. The van der Waals surface area contributed by atoms with Gasteiger partial charge in [0.15, 0.2) is 0 Å². The minimum absolute atomic E-state index is 0.0302. The van der Waals surface area contributed by atoms with E-state index in [1.165, 1.54) is 12.1 Å². The van der Waals surface area contributed by atoms with Crippen LogP contribution in [0.2, 0.25) is 0 Å². The Kier molecular flexibility index (Phi) is 4.92. The van der Waals surface area contributed by atoms with Crippen molar-refractivity contribution >= 4 is 5.91 Å². The number of hydrogen-bond donors (Lipinski definition) is 2. The average Bonchev–Trinajstić information content (AvgIpc) is 2.55. The maximum absolute atomic E-state index is 13.7. The number of piperidine rings is 1. The van der Waals surface area contributed by atoms with Crippen LogP contribution in [0.25, 0.3) is 0 Å². The third-order valence-electron chi connectivity index (χ3n) is 4.88. The molecule has 1 amide bonds. The van der Waals surface area contributed by atoms with E-state index in [1.807, 2.05) is 0 Å². The summed E-state index contributed by atoms with van der Waals surface area (Å²) in [6, 6.07) is 5.69. The molecule has 1 aliphatic heterocycles. The first-order valence-electron chi connectivity index (χ1n) is 8.11. The topological polar surface area (TPSA) is 64.3 Å². The lowest BCUT2D eigenvalue weighted by molar-refractivity contribution is -0.144. The van der Waals surface area contributed by atoms with Crippen LogP contribution in [0.15, 0.2) is 24.3 Å². The number of benzene rings is 1. The van der Waals surface area contributed by atoms with Gasteiger partial charge in [-0.2, -0.15) is 0 Å². The van der Waals surface area contributed by atoms with Gasteiger partial charge in [0.1, 0.15) is 12.0 Å². The van der Waals surface area contributed by atoms with Crippen molar-refractivity contribution in [1.29, 1.82) is 0 Å². The zero-order valence-corrected chi connectivity index (χ0v) is 12.9. The Morgan fingerprint density at radius 3 is 2.70 bits per heavy atom. The molecule has 5 unspecified atom stereocenters.